The molecule has 3 rings (SSSR count). The van der Waals surface area contributed by atoms with Crippen molar-refractivity contribution in [3.05, 3.63) is 58.4 Å². The van der Waals surface area contributed by atoms with Gasteiger partial charge in [-0.25, -0.2) is 4.79 Å². The molecule has 0 aliphatic rings. The van der Waals surface area contributed by atoms with Gasteiger partial charge in [0.15, 0.2) is 11.5 Å². The first-order valence-electron chi connectivity index (χ1n) is 7.30. The van der Waals surface area contributed by atoms with Crippen LogP contribution in [-0.4, -0.2) is 35.0 Å². The van der Waals surface area contributed by atoms with E-state index in [9.17, 15) is 19.8 Å². The van der Waals surface area contributed by atoms with Gasteiger partial charge in [-0.05, 0) is 30.3 Å². The molecule has 7 heteroatoms. The zero-order valence-electron chi connectivity index (χ0n) is 13.5. The first-order chi connectivity index (χ1) is 12.0. The zero-order chi connectivity index (χ0) is 18.1. The number of aromatic carboxylic acids is 1. The number of pyridine rings is 1. The molecule has 0 saturated carbocycles. The first-order valence-corrected chi connectivity index (χ1v) is 7.30. The fourth-order valence-electron chi connectivity index (χ4n) is 2.63. The molecule has 7 nitrogen and oxygen atoms in total. The molecule has 0 aliphatic carbocycles. The molecule has 0 spiro atoms. The van der Waals surface area contributed by atoms with Crippen molar-refractivity contribution in [2.75, 3.05) is 14.2 Å². The van der Waals surface area contributed by atoms with Crippen LogP contribution in [0.3, 0.4) is 0 Å². The van der Waals surface area contributed by atoms with Crippen LogP contribution in [0.4, 0.5) is 0 Å². The highest BCUT2D eigenvalue weighted by Crippen LogP contribution is 2.32. The lowest BCUT2D eigenvalue weighted by Gasteiger charge is -2.15. The van der Waals surface area contributed by atoms with Crippen molar-refractivity contribution in [3.8, 4) is 22.9 Å². The third kappa shape index (κ3) is 2.76. The lowest BCUT2D eigenvalue weighted by atomic mass is 10.1. The van der Waals surface area contributed by atoms with Crippen molar-refractivity contribution >= 4 is 16.9 Å². The van der Waals surface area contributed by atoms with Crippen LogP contribution in [-0.2, 0) is 0 Å². The Balaban J connectivity index is 2.45. The second-order valence-electron chi connectivity index (χ2n) is 5.29. The Morgan fingerprint density at radius 3 is 2.20 bits per heavy atom. The van der Waals surface area contributed by atoms with Crippen LogP contribution in [0.5, 0.6) is 17.2 Å². The topological polar surface area (TPSA) is 98.0 Å². The van der Waals surface area contributed by atoms with Crippen LogP contribution in [0, 0.1) is 0 Å². The molecular formula is C18H15NO6. The van der Waals surface area contributed by atoms with Gasteiger partial charge < -0.3 is 24.3 Å². The predicted octanol–water partition coefficient (Wildman–Crippen LogP) is 2.41. The molecule has 1 aromatic heterocycles. The molecule has 25 heavy (non-hydrogen) atoms. The van der Waals surface area contributed by atoms with Gasteiger partial charge in [0, 0.05) is 18.0 Å². The van der Waals surface area contributed by atoms with Gasteiger partial charge in [0.25, 0.3) is 0 Å². The van der Waals surface area contributed by atoms with E-state index in [4.69, 9.17) is 9.47 Å². The zero-order valence-corrected chi connectivity index (χ0v) is 13.5. The number of carbonyl (C=O) groups is 1. The average molecular weight is 341 g/mol. The van der Waals surface area contributed by atoms with Crippen LogP contribution in [0.2, 0.25) is 0 Å². The number of fused-ring (bicyclic) bond motifs is 1. The van der Waals surface area contributed by atoms with Crippen molar-refractivity contribution in [1.29, 1.82) is 0 Å². The number of phenols is 1. The van der Waals surface area contributed by atoms with Crippen LogP contribution in [0.25, 0.3) is 16.6 Å². The number of carboxylic acids is 1. The Bertz CT molecular complexity index is 1020. The van der Waals surface area contributed by atoms with E-state index in [-0.39, 0.29) is 16.7 Å². The van der Waals surface area contributed by atoms with E-state index in [1.165, 1.54) is 38.6 Å². The Morgan fingerprint density at radius 1 is 1.04 bits per heavy atom. The lowest BCUT2D eigenvalue weighted by molar-refractivity contribution is 0.0695. The van der Waals surface area contributed by atoms with Crippen molar-refractivity contribution < 1.29 is 24.5 Å². The van der Waals surface area contributed by atoms with Crippen molar-refractivity contribution in [2.24, 2.45) is 0 Å². The number of rotatable bonds is 4. The van der Waals surface area contributed by atoms with Gasteiger partial charge in [-0.3, -0.25) is 4.79 Å². The highest BCUT2D eigenvalue weighted by molar-refractivity contribution is 5.94. The number of phenolic OH excluding ortho intramolecular Hbond substituents is 1. The maximum atomic E-state index is 12.5. The number of hydrogen-bond acceptors (Lipinski definition) is 5. The van der Waals surface area contributed by atoms with Gasteiger partial charge in [0.2, 0.25) is 5.43 Å². The summed E-state index contributed by atoms with van der Waals surface area (Å²) in [6.45, 7) is 0. The van der Waals surface area contributed by atoms with Gasteiger partial charge in [0.05, 0.1) is 25.1 Å². The second kappa shape index (κ2) is 6.20. The molecule has 128 valence electrons. The summed E-state index contributed by atoms with van der Waals surface area (Å²) in [4.78, 5) is 24.0. The average Bonchev–Trinajstić information content (AvgIpc) is 2.61. The molecule has 0 unspecified atom stereocenters. The summed E-state index contributed by atoms with van der Waals surface area (Å²) in [5.74, 6) is -0.516. The number of hydrogen-bond donors (Lipinski definition) is 2. The monoisotopic (exact) mass is 341 g/mol. The van der Waals surface area contributed by atoms with E-state index in [1.807, 2.05) is 0 Å². The van der Waals surface area contributed by atoms with E-state index in [2.05, 4.69) is 0 Å². The summed E-state index contributed by atoms with van der Waals surface area (Å²) in [7, 11) is 2.90. The fourth-order valence-corrected chi connectivity index (χ4v) is 2.63. The SMILES string of the molecule is COc1cc2c(=O)c(C(=O)O)cn(-c3ccc(O)cc3)c2cc1OC. The number of aromatic nitrogens is 1. The molecule has 0 fully saturated rings. The molecule has 2 N–H and O–H groups in total. The largest absolute Gasteiger partial charge is 0.508 e. The normalized spacial score (nSPS) is 10.6. The molecular weight excluding hydrogens is 326 g/mol. The quantitative estimate of drug-likeness (QED) is 0.756. The second-order valence-corrected chi connectivity index (χ2v) is 5.29. The summed E-state index contributed by atoms with van der Waals surface area (Å²) in [5, 5.41) is 19.0. The summed E-state index contributed by atoms with van der Waals surface area (Å²) in [5.41, 5.74) is 0.0575. The number of ether oxygens (including phenoxy) is 2. The summed E-state index contributed by atoms with van der Waals surface area (Å²) in [6, 6.07) is 9.23. The Hall–Kier alpha value is -3.48. The summed E-state index contributed by atoms with van der Waals surface area (Å²) in [6.07, 6.45) is 1.26. The molecule has 2 aromatic carbocycles. The third-order valence-corrected chi connectivity index (χ3v) is 3.87. The Morgan fingerprint density at radius 2 is 1.64 bits per heavy atom. The molecule has 0 atom stereocenters. The van der Waals surface area contributed by atoms with Crippen molar-refractivity contribution in [1.82, 2.24) is 4.57 Å². The van der Waals surface area contributed by atoms with Gasteiger partial charge in [-0.2, -0.15) is 0 Å². The summed E-state index contributed by atoms with van der Waals surface area (Å²) < 4.78 is 12.0. The van der Waals surface area contributed by atoms with E-state index in [0.717, 1.165) is 0 Å². The molecule has 0 radical (unpaired) electrons. The first kappa shape index (κ1) is 16.4. The fraction of sp³-hybridized carbons (Fsp3) is 0.111. The standard InChI is InChI=1S/C18H15NO6/c1-24-15-7-12-14(8-16(15)25-2)19(9-13(17(12)21)18(22)23)10-3-5-11(20)6-4-10/h3-9,20H,1-2H3,(H,22,23). The number of benzene rings is 2. The lowest BCUT2D eigenvalue weighted by Crippen LogP contribution is -2.18. The van der Waals surface area contributed by atoms with Crippen LogP contribution < -0.4 is 14.9 Å². The molecule has 0 bridgehead atoms. The predicted molar refractivity (Wildman–Crippen MR) is 91.3 cm³/mol. The van der Waals surface area contributed by atoms with Gasteiger partial charge >= 0.3 is 5.97 Å². The molecule has 0 aliphatic heterocycles. The van der Waals surface area contributed by atoms with Crippen molar-refractivity contribution in [3.63, 3.8) is 0 Å². The minimum atomic E-state index is -1.32. The van der Waals surface area contributed by atoms with Gasteiger partial charge in [-0.15, -0.1) is 0 Å². The van der Waals surface area contributed by atoms with Crippen LogP contribution >= 0.6 is 0 Å². The van der Waals surface area contributed by atoms with Crippen LogP contribution in [0.15, 0.2) is 47.4 Å². The highest BCUT2D eigenvalue weighted by Gasteiger charge is 2.18. The maximum absolute atomic E-state index is 12.5. The number of nitrogens with zero attached hydrogens (tertiary/aromatic N) is 1. The maximum Gasteiger partial charge on any atom is 0.341 e. The van der Waals surface area contributed by atoms with Gasteiger partial charge in [0.1, 0.15) is 11.3 Å². The minimum Gasteiger partial charge on any atom is -0.508 e. The number of methoxy groups -OCH3 is 2. The number of aromatic hydroxyl groups is 1. The smallest absolute Gasteiger partial charge is 0.341 e. The van der Waals surface area contributed by atoms with Crippen molar-refractivity contribution in [2.45, 2.75) is 0 Å². The minimum absolute atomic E-state index is 0.0757. The molecule has 0 saturated heterocycles. The van der Waals surface area contributed by atoms with Gasteiger partial charge in [-0.1, -0.05) is 0 Å². The van der Waals surface area contributed by atoms with E-state index in [0.29, 0.717) is 22.7 Å². The molecule has 0 amide bonds. The number of carboxylic acid groups (broad SMARTS) is 1. The highest BCUT2D eigenvalue weighted by atomic mass is 16.5. The van der Waals surface area contributed by atoms with E-state index >= 15 is 0 Å². The third-order valence-electron chi connectivity index (χ3n) is 3.87. The van der Waals surface area contributed by atoms with Crippen LogP contribution in [0.1, 0.15) is 10.4 Å². The Labute approximate surface area is 142 Å². The Kier molecular flexibility index (Phi) is 4.06. The van der Waals surface area contributed by atoms with E-state index < -0.39 is 11.4 Å². The molecule has 3 aromatic rings. The summed E-state index contributed by atoms with van der Waals surface area (Å²) >= 11 is 0. The van der Waals surface area contributed by atoms with E-state index in [1.54, 1.807) is 22.8 Å². The molecule has 1 heterocycles.